The number of halogens is 6. The van der Waals surface area contributed by atoms with E-state index < -0.39 is 23.5 Å². The Morgan fingerprint density at radius 3 is 1.16 bits per heavy atom. The number of benzene rings is 2. The molecule has 2 aliphatic carbocycles. The first-order valence-electron chi connectivity index (χ1n) is 14.2. The second kappa shape index (κ2) is 15.3. The van der Waals surface area contributed by atoms with Gasteiger partial charge in [0.2, 0.25) is 0 Å². The predicted octanol–water partition coefficient (Wildman–Crippen LogP) is 9.49. The monoisotopic (exact) mass is 678 g/mol. The van der Waals surface area contributed by atoms with Crippen molar-refractivity contribution in [2.75, 3.05) is 0 Å². The van der Waals surface area contributed by atoms with Crippen LogP contribution in [-0.4, -0.2) is 10.2 Å². The van der Waals surface area contributed by atoms with Gasteiger partial charge in [0.15, 0.2) is 0 Å². The van der Waals surface area contributed by atoms with E-state index in [1.165, 1.54) is 64.2 Å². The van der Waals surface area contributed by atoms with Crippen LogP contribution >= 0.6 is 0 Å². The summed E-state index contributed by atoms with van der Waals surface area (Å²) < 4.78 is 71.0. The van der Waals surface area contributed by atoms with Crippen molar-refractivity contribution in [1.29, 1.82) is 0 Å². The molecule has 0 fully saturated rings. The summed E-state index contributed by atoms with van der Waals surface area (Å²) in [5, 5.41) is 17.3. The molecule has 0 spiro atoms. The zero-order valence-electron chi connectivity index (χ0n) is 23.7. The standard InChI is InChI=1S/C20H24.2C7H5F3O.Zr/c1-2-6-18-12-15(11-17(18)5-1)9-10-16-13-19-7-3-4-8-20(19)14-16;2*8-7(9,10)5-1-3-6(11)4-2-5;/h11-14H,1-10H2;2*1-4,11H;/q-2;;;+2. The van der Waals surface area contributed by atoms with Crippen LogP contribution in [0.2, 0.25) is 0 Å². The number of fused-ring (bicyclic) bond motifs is 2. The van der Waals surface area contributed by atoms with Crippen LogP contribution in [0.5, 0.6) is 11.5 Å². The van der Waals surface area contributed by atoms with E-state index in [2.05, 4.69) is 24.3 Å². The first kappa shape index (κ1) is 34.7. The molecule has 2 N–H and O–H groups in total. The molecule has 0 unspecified atom stereocenters. The molecule has 0 aliphatic heterocycles. The Hall–Kier alpha value is -2.80. The molecule has 2 nitrogen and oxygen atoms in total. The van der Waals surface area contributed by atoms with Gasteiger partial charge in [-0.05, 0) is 61.4 Å². The van der Waals surface area contributed by atoms with Crippen LogP contribution in [0.15, 0.2) is 72.8 Å². The summed E-state index contributed by atoms with van der Waals surface area (Å²) in [7, 11) is 0. The van der Waals surface area contributed by atoms with Gasteiger partial charge in [0.05, 0.1) is 11.1 Å². The molecule has 0 saturated heterocycles. The molecule has 9 heteroatoms. The first-order valence-corrected chi connectivity index (χ1v) is 14.2. The Bertz CT molecular complexity index is 1260. The van der Waals surface area contributed by atoms with E-state index in [9.17, 15) is 26.3 Å². The number of aryl methyl sites for hydroxylation is 6. The van der Waals surface area contributed by atoms with Crippen LogP contribution in [0.3, 0.4) is 0 Å². The molecule has 228 valence electrons. The van der Waals surface area contributed by atoms with Gasteiger partial charge in [-0.2, -0.15) is 71.9 Å². The maximum absolute atomic E-state index is 11.8. The molecule has 0 amide bonds. The van der Waals surface area contributed by atoms with Gasteiger partial charge in [-0.3, -0.25) is 0 Å². The van der Waals surface area contributed by atoms with Crippen molar-refractivity contribution in [3.05, 3.63) is 117 Å². The summed E-state index contributed by atoms with van der Waals surface area (Å²) in [4.78, 5) is 0. The molecule has 0 aromatic heterocycles. The topological polar surface area (TPSA) is 40.5 Å². The van der Waals surface area contributed by atoms with E-state index >= 15 is 0 Å². The molecule has 2 aliphatic rings. The molecule has 0 saturated carbocycles. The molecule has 0 atom stereocenters. The predicted molar refractivity (Wildman–Crippen MR) is 151 cm³/mol. The van der Waals surface area contributed by atoms with Crippen LogP contribution in [0.25, 0.3) is 0 Å². The molecule has 0 bridgehead atoms. The summed E-state index contributed by atoms with van der Waals surface area (Å²) in [6.07, 6.45) is 4.67. The Morgan fingerprint density at radius 1 is 0.535 bits per heavy atom. The number of aromatic hydroxyl groups is 2. The van der Waals surface area contributed by atoms with Crippen molar-refractivity contribution in [2.45, 2.75) is 76.6 Å². The van der Waals surface area contributed by atoms with Crippen LogP contribution in [0.1, 0.15) is 70.2 Å². The fourth-order valence-corrected chi connectivity index (χ4v) is 5.42. The minimum absolute atomic E-state index is 0. The van der Waals surface area contributed by atoms with Gasteiger partial charge in [-0.1, -0.05) is 51.4 Å². The summed E-state index contributed by atoms with van der Waals surface area (Å²) >= 11 is 0. The average molecular weight is 680 g/mol. The Labute approximate surface area is 267 Å². The molecule has 43 heavy (non-hydrogen) atoms. The van der Waals surface area contributed by atoms with Crippen LogP contribution < -0.4 is 0 Å². The number of hydrogen-bond donors (Lipinski definition) is 2. The van der Waals surface area contributed by atoms with Gasteiger partial charge >= 0.3 is 38.6 Å². The van der Waals surface area contributed by atoms with Crippen LogP contribution in [0.4, 0.5) is 26.3 Å². The van der Waals surface area contributed by atoms with E-state index in [1.54, 1.807) is 33.4 Å². The van der Waals surface area contributed by atoms with Gasteiger partial charge < -0.3 is 10.2 Å². The number of hydrogen-bond acceptors (Lipinski definition) is 2. The minimum Gasteiger partial charge on any atom is -0.508 e. The third-order valence-corrected chi connectivity index (χ3v) is 7.64. The van der Waals surface area contributed by atoms with Gasteiger partial charge in [0.25, 0.3) is 0 Å². The summed E-state index contributed by atoms with van der Waals surface area (Å²) in [6, 6.07) is 17.3. The summed E-state index contributed by atoms with van der Waals surface area (Å²) in [5.74, 6) is -0.337. The molecule has 0 heterocycles. The number of alkyl halides is 6. The van der Waals surface area contributed by atoms with Crippen LogP contribution in [0, 0.1) is 0 Å². The van der Waals surface area contributed by atoms with E-state index in [4.69, 9.17) is 10.2 Å². The molecule has 0 radical (unpaired) electrons. The minimum atomic E-state index is -4.33. The van der Waals surface area contributed by atoms with E-state index in [-0.39, 0.29) is 37.7 Å². The zero-order chi connectivity index (χ0) is 30.3. The Balaban J connectivity index is 0.000000190. The third-order valence-electron chi connectivity index (χ3n) is 7.64. The fourth-order valence-electron chi connectivity index (χ4n) is 5.42. The van der Waals surface area contributed by atoms with Gasteiger partial charge in [0, 0.05) is 0 Å². The average Bonchev–Trinajstić information content (AvgIpc) is 3.56. The Kier molecular flexibility index (Phi) is 12.3. The van der Waals surface area contributed by atoms with Gasteiger partial charge in [-0.15, -0.1) is 0 Å². The second-order valence-electron chi connectivity index (χ2n) is 10.8. The van der Waals surface area contributed by atoms with Crippen molar-refractivity contribution < 1.29 is 62.8 Å². The van der Waals surface area contributed by atoms with E-state index in [1.807, 2.05) is 0 Å². The van der Waals surface area contributed by atoms with Gasteiger partial charge in [-0.25, -0.2) is 12.1 Å². The van der Waals surface area contributed by atoms with Crippen molar-refractivity contribution in [3.8, 4) is 11.5 Å². The van der Waals surface area contributed by atoms with Crippen molar-refractivity contribution in [1.82, 2.24) is 0 Å². The van der Waals surface area contributed by atoms with E-state index in [0.29, 0.717) is 0 Å². The molecule has 6 rings (SSSR count). The zero-order valence-corrected chi connectivity index (χ0v) is 26.1. The number of phenols is 2. The second-order valence-corrected chi connectivity index (χ2v) is 10.8. The maximum atomic E-state index is 11.8. The summed E-state index contributed by atoms with van der Waals surface area (Å²) in [6.45, 7) is 0. The number of rotatable bonds is 3. The molecule has 4 aromatic rings. The summed E-state index contributed by atoms with van der Waals surface area (Å²) in [5.41, 5.74) is 8.24. The van der Waals surface area contributed by atoms with Crippen molar-refractivity contribution in [2.24, 2.45) is 0 Å². The van der Waals surface area contributed by atoms with E-state index in [0.717, 1.165) is 48.5 Å². The normalized spacial score (nSPS) is 14.2. The molecular formula is C34H34F6O2Zr. The quantitative estimate of drug-likeness (QED) is 0.167. The SMILES string of the molecule is Oc1ccc(C(F)(F)F)cc1.Oc1ccc(C(F)(F)F)cc1.[Zr+2].c1c(CCc2cc3c([cH-]2)CCCC3)[cH-]c2c1CCCC2. The third kappa shape index (κ3) is 10.4. The Morgan fingerprint density at radius 2 is 0.860 bits per heavy atom. The number of phenolic OH excluding ortho intramolecular Hbond substituents is 2. The maximum Gasteiger partial charge on any atom is 2.00 e. The van der Waals surface area contributed by atoms with Crippen LogP contribution in [-0.2, 0) is 77.1 Å². The fraction of sp³-hybridized carbons (Fsp3) is 0.353. The van der Waals surface area contributed by atoms with Crippen molar-refractivity contribution in [3.63, 3.8) is 0 Å². The first-order chi connectivity index (χ1) is 19.9. The smallest absolute Gasteiger partial charge is 0.508 e. The largest absolute Gasteiger partial charge is 2.00 e. The molecule has 4 aromatic carbocycles. The van der Waals surface area contributed by atoms with Crippen molar-refractivity contribution >= 4 is 0 Å². The molecular weight excluding hydrogens is 646 g/mol. The van der Waals surface area contributed by atoms with Gasteiger partial charge in [0.1, 0.15) is 11.5 Å².